The number of carbonyl (C=O) groups excluding carboxylic acids is 1. The minimum absolute atomic E-state index is 0.112. The predicted molar refractivity (Wildman–Crippen MR) is 115 cm³/mol. The highest BCUT2D eigenvalue weighted by molar-refractivity contribution is 5.73. The van der Waals surface area contributed by atoms with Crippen LogP contribution in [0.3, 0.4) is 0 Å². The molecule has 0 saturated carbocycles. The van der Waals surface area contributed by atoms with Gasteiger partial charge in [0.1, 0.15) is 11.6 Å². The van der Waals surface area contributed by atoms with Crippen LogP contribution in [0.2, 0.25) is 0 Å². The number of fused-ring (bicyclic) bond motifs is 1. The Morgan fingerprint density at radius 1 is 1.21 bits per heavy atom. The zero-order valence-corrected chi connectivity index (χ0v) is 17.7. The summed E-state index contributed by atoms with van der Waals surface area (Å²) in [7, 11) is 1.93. The molecule has 1 saturated heterocycles. The number of hydrogen-bond donors (Lipinski definition) is 1. The van der Waals surface area contributed by atoms with Gasteiger partial charge in [-0.25, -0.2) is 9.97 Å². The average molecular weight is 394 g/mol. The molecule has 6 nitrogen and oxygen atoms in total. The molecule has 1 fully saturated rings. The van der Waals surface area contributed by atoms with Crippen LogP contribution in [0.5, 0.6) is 0 Å². The lowest BCUT2D eigenvalue weighted by Gasteiger charge is -2.36. The second-order valence-corrected chi connectivity index (χ2v) is 8.20. The Hall–Kier alpha value is -2.47. The third-order valence-electron chi connectivity index (χ3n) is 6.31. The van der Waals surface area contributed by atoms with Gasteiger partial charge >= 0.3 is 0 Å². The number of nitrogens with zero attached hydrogens (tertiary/aromatic N) is 4. The van der Waals surface area contributed by atoms with Crippen molar-refractivity contribution in [1.82, 2.24) is 19.8 Å². The first kappa shape index (κ1) is 19.8. The number of rotatable bonds is 4. The smallest absolute Gasteiger partial charge is 0.219 e. The number of aryl methyl sites for hydroxylation is 1. The van der Waals surface area contributed by atoms with Crippen molar-refractivity contribution in [2.75, 3.05) is 25.5 Å². The molecule has 0 spiro atoms. The Morgan fingerprint density at radius 2 is 2.03 bits per heavy atom. The van der Waals surface area contributed by atoms with Crippen molar-refractivity contribution in [3.8, 4) is 0 Å². The van der Waals surface area contributed by atoms with Gasteiger partial charge in [-0.05, 0) is 43.9 Å². The largest absolute Gasteiger partial charge is 0.373 e. The fourth-order valence-corrected chi connectivity index (χ4v) is 4.55. The van der Waals surface area contributed by atoms with Gasteiger partial charge in [0, 0.05) is 32.6 Å². The Morgan fingerprint density at radius 3 is 2.79 bits per heavy atom. The fraction of sp³-hybridized carbons (Fsp3) is 0.522. The summed E-state index contributed by atoms with van der Waals surface area (Å²) in [6, 6.07) is 8.83. The minimum Gasteiger partial charge on any atom is -0.373 e. The van der Waals surface area contributed by atoms with Crippen LogP contribution < -0.4 is 5.32 Å². The van der Waals surface area contributed by atoms with Crippen molar-refractivity contribution in [2.24, 2.45) is 0 Å². The van der Waals surface area contributed by atoms with Crippen molar-refractivity contribution < 1.29 is 4.79 Å². The van der Waals surface area contributed by atoms with Gasteiger partial charge in [0.05, 0.1) is 18.3 Å². The van der Waals surface area contributed by atoms with Gasteiger partial charge in [0.15, 0.2) is 0 Å². The third kappa shape index (κ3) is 4.13. The normalized spacial score (nSPS) is 19.7. The monoisotopic (exact) mass is 393 g/mol. The van der Waals surface area contributed by atoms with Crippen LogP contribution >= 0.6 is 0 Å². The highest BCUT2D eigenvalue weighted by Gasteiger charge is 2.30. The maximum atomic E-state index is 11.9. The van der Waals surface area contributed by atoms with E-state index in [9.17, 15) is 4.79 Å². The maximum absolute atomic E-state index is 11.9. The van der Waals surface area contributed by atoms with E-state index in [1.165, 1.54) is 24.0 Å². The number of amides is 1. The summed E-state index contributed by atoms with van der Waals surface area (Å²) in [5.41, 5.74) is 4.86. The molecule has 29 heavy (non-hydrogen) atoms. The van der Waals surface area contributed by atoms with Crippen LogP contribution in [-0.2, 0) is 24.3 Å². The number of hydrogen-bond acceptors (Lipinski definition) is 5. The molecule has 1 unspecified atom stereocenters. The number of nitrogens with one attached hydrogen (secondary N) is 1. The fourth-order valence-electron chi connectivity index (χ4n) is 4.55. The molecule has 1 atom stereocenters. The van der Waals surface area contributed by atoms with E-state index in [1.807, 2.05) is 11.9 Å². The molecule has 0 radical (unpaired) electrons. The highest BCUT2D eigenvalue weighted by atomic mass is 16.2. The summed E-state index contributed by atoms with van der Waals surface area (Å²) in [6.45, 7) is 7.12. The molecular formula is C23H31N5O. The predicted octanol–water partition coefficient (Wildman–Crippen LogP) is 3.46. The molecular weight excluding hydrogens is 362 g/mol. The SMILES string of the molecule is CNc1nc(C2CCCCN2Cc2ccccc2C)nc2c1CCN(C(C)=O)C2. The van der Waals surface area contributed by atoms with Crippen LogP contribution in [0.4, 0.5) is 5.82 Å². The molecule has 6 heteroatoms. The Balaban J connectivity index is 1.65. The topological polar surface area (TPSA) is 61.4 Å². The summed E-state index contributed by atoms with van der Waals surface area (Å²) in [5, 5.41) is 3.28. The Bertz CT molecular complexity index is 897. The van der Waals surface area contributed by atoms with E-state index in [0.717, 1.165) is 55.4 Å². The molecule has 154 valence electrons. The van der Waals surface area contributed by atoms with Gasteiger partial charge in [-0.15, -0.1) is 0 Å². The van der Waals surface area contributed by atoms with Gasteiger partial charge in [-0.3, -0.25) is 9.69 Å². The summed E-state index contributed by atoms with van der Waals surface area (Å²) >= 11 is 0. The lowest BCUT2D eigenvalue weighted by atomic mass is 9.98. The van der Waals surface area contributed by atoms with Gasteiger partial charge in [0.2, 0.25) is 5.91 Å². The first-order valence-electron chi connectivity index (χ1n) is 10.7. The zero-order chi connectivity index (χ0) is 20.4. The quantitative estimate of drug-likeness (QED) is 0.862. The molecule has 0 bridgehead atoms. The van der Waals surface area contributed by atoms with Crippen molar-refractivity contribution >= 4 is 11.7 Å². The molecule has 2 aliphatic rings. The third-order valence-corrected chi connectivity index (χ3v) is 6.31. The minimum atomic E-state index is 0.112. The van der Waals surface area contributed by atoms with Gasteiger partial charge < -0.3 is 10.2 Å². The standard InChI is InChI=1S/C23H31N5O/c1-16-8-4-5-9-18(16)14-28-12-7-6-10-21(28)23-25-20-15-27(17(2)29)13-11-19(20)22(24-3)26-23/h4-5,8-9,21H,6-7,10-15H2,1-3H3,(H,24,25,26). The highest BCUT2D eigenvalue weighted by Crippen LogP contribution is 2.33. The first-order chi connectivity index (χ1) is 14.1. The molecule has 4 rings (SSSR count). The van der Waals surface area contributed by atoms with E-state index in [2.05, 4.69) is 41.4 Å². The average Bonchev–Trinajstić information content (AvgIpc) is 2.74. The molecule has 1 aromatic carbocycles. The number of benzene rings is 1. The van der Waals surface area contributed by atoms with E-state index >= 15 is 0 Å². The number of likely N-dealkylation sites (tertiary alicyclic amines) is 1. The van der Waals surface area contributed by atoms with Crippen molar-refractivity contribution in [2.45, 2.75) is 58.7 Å². The molecule has 2 aromatic rings. The van der Waals surface area contributed by atoms with Crippen molar-refractivity contribution in [3.05, 3.63) is 52.5 Å². The van der Waals surface area contributed by atoms with E-state index in [-0.39, 0.29) is 11.9 Å². The molecule has 1 N–H and O–H groups in total. The van der Waals surface area contributed by atoms with Gasteiger partial charge in [-0.1, -0.05) is 30.7 Å². The van der Waals surface area contributed by atoms with E-state index in [0.29, 0.717) is 6.54 Å². The van der Waals surface area contributed by atoms with E-state index < -0.39 is 0 Å². The molecule has 1 amide bonds. The molecule has 2 aliphatic heterocycles. The van der Waals surface area contributed by atoms with E-state index in [1.54, 1.807) is 6.92 Å². The van der Waals surface area contributed by atoms with Crippen LogP contribution in [-0.4, -0.2) is 45.8 Å². The summed E-state index contributed by atoms with van der Waals surface area (Å²) in [6.07, 6.45) is 4.29. The number of aromatic nitrogens is 2. The summed E-state index contributed by atoms with van der Waals surface area (Å²) in [5.74, 6) is 1.93. The number of anilines is 1. The summed E-state index contributed by atoms with van der Waals surface area (Å²) < 4.78 is 0. The van der Waals surface area contributed by atoms with E-state index in [4.69, 9.17) is 9.97 Å². The van der Waals surface area contributed by atoms with Crippen molar-refractivity contribution in [1.29, 1.82) is 0 Å². The number of piperidine rings is 1. The molecule has 0 aliphatic carbocycles. The van der Waals surface area contributed by atoms with Crippen LogP contribution in [0.25, 0.3) is 0 Å². The zero-order valence-electron chi connectivity index (χ0n) is 17.7. The van der Waals surface area contributed by atoms with Gasteiger partial charge in [0.25, 0.3) is 0 Å². The van der Waals surface area contributed by atoms with Crippen LogP contribution in [0, 0.1) is 6.92 Å². The molecule has 1 aromatic heterocycles. The van der Waals surface area contributed by atoms with Crippen molar-refractivity contribution in [3.63, 3.8) is 0 Å². The Kier molecular flexibility index (Phi) is 5.81. The van der Waals surface area contributed by atoms with Crippen LogP contribution in [0.1, 0.15) is 60.4 Å². The molecule has 3 heterocycles. The Labute approximate surface area is 173 Å². The number of carbonyl (C=O) groups is 1. The first-order valence-corrected chi connectivity index (χ1v) is 10.7. The maximum Gasteiger partial charge on any atom is 0.219 e. The lowest BCUT2D eigenvalue weighted by Crippen LogP contribution is -2.37. The lowest BCUT2D eigenvalue weighted by molar-refractivity contribution is -0.129. The van der Waals surface area contributed by atoms with Gasteiger partial charge in [-0.2, -0.15) is 0 Å². The summed E-state index contributed by atoms with van der Waals surface area (Å²) in [4.78, 5) is 26.3. The second-order valence-electron chi connectivity index (χ2n) is 8.20. The van der Waals surface area contributed by atoms with Crippen LogP contribution in [0.15, 0.2) is 24.3 Å². The second kappa shape index (κ2) is 8.49.